The van der Waals surface area contributed by atoms with Gasteiger partial charge in [0.2, 0.25) is 0 Å². The fourth-order valence-corrected chi connectivity index (χ4v) is 3.06. The molecule has 1 aliphatic rings. The lowest BCUT2D eigenvalue weighted by molar-refractivity contribution is -0.0439. The van der Waals surface area contributed by atoms with Crippen molar-refractivity contribution in [3.63, 3.8) is 0 Å². The number of piperidine rings is 1. The number of hydrogen-bond donors (Lipinski definition) is 1. The second-order valence-corrected chi connectivity index (χ2v) is 6.73. The van der Waals surface area contributed by atoms with Gasteiger partial charge in [0.15, 0.2) is 0 Å². The van der Waals surface area contributed by atoms with E-state index in [9.17, 15) is 9.90 Å². The zero-order valence-electron chi connectivity index (χ0n) is 13.9. The Morgan fingerprint density at radius 1 is 1.35 bits per heavy atom. The minimum absolute atomic E-state index is 0.0250. The standard InChI is InChI=1S/C19H23NO3/c1-13-12-20(10-9-19(13,3)22)18(21)16-11-14(2)23-17(16)15-7-5-4-6-8-15/h4-8,11,13,22H,9-10,12H2,1-3H3/t13?,19-/m0/s1. The van der Waals surface area contributed by atoms with E-state index >= 15 is 0 Å². The molecule has 23 heavy (non-hydrogen) atoms. The smallest absolute Gasteiger partial charge is 0.257 e. The molecular weight excluding hydrogens is 290 g/mol. The Kier molecular flexibility index (Phi) is 4.02. The lowest BCUT2D eigenvalue weighted by Gasteiger charge is -2.41. The van der Waals surface area contributed by atoms with Gasteiger partial charge in [0.1, 0.15) is 11.5 Å². The molecular formula is C19H23NO3. The maximum absolute atomic E-state index is 12.9. The predicted molar refractivity (Wildman–Crippen MR) is 89.2 cm³/mol. The summed E-state index contributed by atoms with van der Waals surface area (Å²) >= 11 is 0. The van der Waals surface area contributed by atoms with Crippen molar-refractivity contribution in [1.29, 1.82) is 0 Å². The molecule has 0 bridgehead atoms. The molecule has 1 unspecified atom stereocenters. The Balaban J connectivity index is 1.89. The van der Waals surface area contributed by atoms with Crippen LogP contribution in [-0.4, -0.2) is 34.6 Å². The van der Waals surface area contributed by atoms with Gasteiger partial charge in [-0.15, -0.1) is 0 Å². The molecule has 1 N–H and O–H groups in total. The second kappa shape index (κ2) is 5.85. The fourth-order valence-electron chi connectivity index (χ4n) is 3.06. The van der Waals surface area contributed by atoms with Crippen LogP contribution in [0.2, 0.25) is 0 Å². The zero-order chi connectivity index (χ0) is 16.6. The quantitative estimate of drug-likeness (QED) is 0.923. The van der Waals surface area contributed by atoms with E-state index in [1.54, 1.807) is 0 Å². The van der Waals surface area contributed by atoms with Crippen LogP contribution in [0.25, 0.3) is 11.3 Å². The van der Waals surface area contributed by atoms with E-state index in [1.807, 2.05) is 62.1 Å². The van der Waals surface area contributed by atoms with Crippen LogP contribution >= 0.6 is 0 Å². The summed E-state index contributed by atoms with van der Waals surface area (Å²) < 4.78 is 5.78. The normalized spacial score (nSPS) is 24.7. The Morgan fingerprint density at radius 2 is 2.04 bits per heavy atom. The highest BCUT2D eigenvalue weighted by molar-refractivity contribution is 6.00. The molecule has 0 saturated carbocycles. The molecule has 3 rings (SSSR count). The first-order valence-corrected chi connectivity index (χ1v) is 8.06. The number of hydrogen-bond acceptors (Lipinski definition) is 3. The first-order valence-electron chi connectivity index (χ1n) is 8.06. The number of amides is 1. The predicted octanol–water partition coefficient (Wildman–Crippen LogP) is 3.49. The molecule has 1 aromatic heterocycles. The largest absolute Gasteiger partial charge is 0.461 e. The Labute approximate surface area is 136 Å². The summed E-state index contributed by atoms with van der Waals surface area (Å²) in [5, 5.41) is 10.3. The van der Waals surface area contributed by atoms with E-state index in [4.69, 9.17) is 4.42 Å². The van der Waals surface area contributed by atoms with Gasteiger partial charge < -0.3 is 14.4 Å². The van der Waals surface area contributed by atoms with E-state index in [0.29, 0.717) is 30.8 Å². The highest BCUT2D eigenvalue weighted by atomic mass is 16.3. The Bertz CT molecular complexity index is 703. The van der Waals surface area contributed by atoms with Gasteiger partial charge in [0.25, 0.3) is 5.91 Å². The van der Waals surface area contributed by atoms with Crippen molar-refractivity contribution >= 4 is 5.91 Å². The molecule has 2 heterocycles. The number of nitrogens with zero attached hydrogens (tertiary/aromatic N) is 1. The van der Waals surface area contributed by atoms with Crippen LogP contribution in [0.4, 0.5) is 0 Å². The number of furan rings is 1. The maximum Gasteiger partial charge on any atom is 0.257 e. The molecule has 4 heteroatoms. The molecule has 2 aromatic rings. The zero-order valence-corrected chi connectivity index (χ0v) is 13.9. The number of carbonyl (C=O) groups excluding carboxylic acids is 1. The van der Waals surface area contributed by atoms with Crippen molar-refractivity contribution in [3.05, 3.63) is 47.7 Å². The molecule has 1 fully saturated rings. The SMILES string of the molecule is Cc1cc(C(=O)N2CC[C@](C)(O)C(C)C2)c(-c2ccccc2)o1. The monoisotopic (exact) mass is 313 g/mol. The van der Waals surface area contributed by atoms with Crippen molar-refractivity contribution in [3.8, 4) is 11.3 Å². The van der Waals surface area contributed by atoms with Gasteiger partial charge in [-0.3, -0.25) is 4.79 Å². The van der Waals surface area contributed by atoms with Crippen molar-refractivity contribution in [2.45, 2.75) is 32.8 Å². The number of aliphatic hydroxyl groups is 1. The van der Waals surface area contributed by atoms with Crippen LogP contribution < -0.4 is 0 Å². The molecule has 4 nitrogen and oxygen atoms in total. The summed E-state index contributed by atoms with van der Waals surface area (Å²) in [5.74, 6) is 1.37. The average Bonchev–Trinajstić information content (AvgIpc) is 2.92. The van der Waals surface area contributed by atoms with Crippen molar-refractivity contribution in [2.75, 3.05) is 13.1 Å². The summed E-state index contributed by atoms with van der Waals surface area (Å²) in [6.45, 7) is 6.81. The molecule has 0 radical (unpaired) electrons. The van der Waals surface area contributed by atoms with Crippen LogP contribution in [0.3, 0.4) is 0 Å². The molecule has 2 atom stereocenters. The second-order valence-electron chi connectivity index (χ2n) is 6.73. The third-order valence-corrected chi connectivity index (χ3v) is 4.85. The van der Waals surface area contributed by atoms with Gasteiger partial charge >= 0.3 is 0 Å². The third kappa shape index (κ3) is 3.04. The number of rotatable bonds is 2. The van der Waals surface area contributed by atoms with Crippen molar-refractivity contribution in [2.24, 2.45) is 5.92 Å². The highest BCUT2D eigenvalue weighted by Crippen LogP contribution is 2.31. The van der Waals surface area contributed by atoms with Gasteiger partial charge in [0.05, 0.1) is 11.2 Å². The Hall–Kier alpha value is -2.07. The van der Waals surface area contributed by atoms with Gasteiger partial charge in [-0.05, 0) is 26.3 Å². The lowest BCUT2D eigenvalue weighted by atomic mass is 9.83. The topological polar surface area (TPSA) is 53.7 Å². The van der Waals surface area contributed by atoms with E-state index < -0.39 is 5.60 Å². The molecule has 1 aliphatic heterocycles. The van der Waals surface area contributed by atoms with Crippen molar-refractivity contribution < 1.29 is 14.3 Å². The van der Waals surface area contributed by atoms with Crippen LogP contribution in [0.15, 0.2) is 40.8 Å². The number of benzene rings is 1. The minimum atomic E-state index is -0.703. The van der Waals surface area contributed by atoms with Crippen LogP contribution in [0.5, 0.6) is 0 Å². The first kappa shape index (κ1) is 15.8. The molecule has 1 saturated heterocycles. The lowest BCUT2D eigenvalue weighted by Crippen LogP contribution is -2.50. The van der Waals surface area contributed by atoms with Crippen LogP contribution in [0.1, 0.15) is 36.4 Å². The molecule has 0 spiro atoms. The molecule has 122 valence electrons. The minimum Gasteiger partial charge on any atom is -0.461 e. The summed E-state index contributed by atoms with van der Waals surface area (Å²) in [6, 6.07) is 11.5. The van der Waals surface area contributed by atoms with Crippen LogP contribution in [-0.2, 0) is 0 Å². The summed E-state index contributed by atoms with van der Waals surface area (Å²) in [6.07, 6.45) is 0.595. The number of carbonyl (C=O) groups is 1. The summed E-state index contributed by atoms with van der Waals surface area (Å²) in [5.41, 5.74) is 0.800. The Morgan fingerprint density at radius 3 is 2.70 bits per heavy atom. The van der Waals surface area contributed by atoms with E-state index in [-0.39, 0.29) is 11.8 Å². The van der Waals surface area contributed by atoms with Gasteiger partial charge in [-0.25, -0.2) is 0 Å². The van der Waals surface area contributed by atoms with E-state index in [1.165, 1.54) is 0 Å². The highest BCUT2D eigenvalue weighted by Gasteiger charge is 2.37. The number of likely N-dealkylation sites (tertiary alicyclic amines) is 1. The summed E-state index contributed by atoms with van der Waals surface area (Å²) in [4.78, 5) is 14.8. The fraction of sp³-hybridized carbons (Fsp3) is 0.421. The van der Waals surface area contributed by atoms with E-state index in [2.05, 4.69) is 0 Å². The van der Waals surface area contributed by atoms with Gasteiger partial charge in [-0.2, -0.15) is 0 Å². The molecule has 0 aliphatic carbocycles. The van der Waals surface area contributed by atoms with Crippen LogP contribution in [0, 0.1) is 12.8 Å². The van der Waals surface area contributed by atoms with Gasteiger partial charge in [0, 0.05) is 24.6 Å². The summed E-state index contributed by atoms with van der Waals surface area (Å²) in [7, 11) is 0. The third-order valence-electron chi connectivity index (χ3n) is 4.85. The van der Waals surface area contributed by atoms with Crippen molar-refractivity contribution in [1.82, 2.24) is 4.90 Å². The first-order chi connectivity index (χ1) is 10.9. The average molecular weight is 313 g/mol. The maximum atomic E-state index is 12.9. The number of aryl methyl sites for hydroxylation is 1. The van der Waals surface area contributed by atoms with E-state index in [0.717, 1.165) is 11.3 Å². The molecule has 1 amide bonds. The van der Waals surface area contributed by atoms with Gasteiger partial charge in [-0.1, -0.05) is 37.3 Å². The molecule has 1 aromatic carbocycles.